The second kappa shape index (κ2) is 9.69. The predicted octanol–water partition coefficient (Wildman–Crippen LogP) is 5.16. The van der Waals surface area contributed by atoms with E-state index in [4.69, 9.17) is 9.47 Å². The molecule has 2 fully saturated rings. The standard InChI is InChI=1S/C27H31NO5/c1-4-32-21-12-8-9-18(16-21)24-23(26(30)27(31)28(24)20-10-6-7-11-20)25(29)19-13-14-22(33-5-2)17(3)15-19/h8-9,12-16,20,24,29H,4-7,10-11H2,1-3H3/b25-23+. The van der Waals surface area contributed by atoms with Crippen molar-refractivity contribution < 1.29 is 24.2 Å². The molecule has 0 aromatic heterocycles. The fourth-order valence-electron chi connectivity index (χ4n) is 4.95. The molecule has 1 amide bonds. The van der Waals surface area contributed by atoms with E-state index in [9.17, 15) is 14.7 Å². The molecule has 1 heterocycles. The Morgan fingerprint density at radius 1 is 1.03 bits per heavy atom. The molecule has 2 aromatic carbocycles. The third kappa shape index (κ3) is 4.34. The van der Waals surface area contributed by atoms with Gasteiger partial charge in [-0.2, -0.15) is 0 Å². The van der Waals surface area contributed by atoms with Crippen molar-refractivity contribution in [1.82, 2.24) is 4.90 Å². The number of aliphatic hydroxyl groups excluding tert-OH is 1. The first-order valence-electron chi connectivity index (χ1n) is 11.7. The molecule has 0 bridgehead atoms. The molecule has 4 rings (SSSR count). The Balaban J connectivity index is 1.85. The molecule has 174 valence electrons. The van der Waals surface area contributed by atoms with Gasteiger partial charge in [0.2, 0.25) is 0 Å². The normalized spacial score (nSPS) is 20.5. The maximum absolute atomic E-state index is 13.3. The van der Waals surface area contributed by atoms with Gasteiger partial charge in [-0.1, -0.05) is 25.0 Å². The number of likely N-dealkylation sites (tertiary alicyclic amines) is 1. The van der Waals surface area contributed by atoms with E-state index >= 15 is 0 Å². The molecule has 2 aromatic rings. The number of hydrogen-bond donors (Lipinski definition) is 1. The minimum absolute atomic E-state index is 0.0189. The average molecular weight is 450 g/mol. The van der Waals surface area contributed by atoms with E-state index < -0.39 is 17.7 Å². The minimum atomic E-state index is -0.652. The summed E-state index contributed by atoms with van der Waals surface area (Å²) in [5.41, 5.74) is 2.23. The van der Waals surface area contributed by atoms with Gasteiger partial charge >= 0.3 is 0 Å². The van der Waals surface area contributed by atoms with E-state index in [0.717, 1.165) is 42.6 Å². The summed E-state index contributed by atoms with van der Waals surface area (Å²) >= 11 is 0. The number of ketones is 1. The van der Waals surface area contributed by atoms with Crippen LogP contribution in [0.25, 0.3) is 5.76 Å². The van der Waals surface area contributed by atoms with Crippen LogP contribution in [0.2, 0.25) is 0 Å². The third-order valence-electron chi connectivity index (χ3n) is 6.43. The van der Waals surface area contributed by atoms with Crippen molar-refractivity contribution in [2.75, 3.05) is 13.2 Å². The highest BCUT2D eigenvalue weighted by Crippen LogP contribution is 2.44. The molecule has 1 saturated heterocycles. The third-order valence-corrected chi connectivity index (χ3v) is 6.43. The van der Waals surface area contributed by atoms with Crippen molar-refractivity contribution in [3.63, 3.8) is 0 Å². The minimum Gasteiger partial charge on any atom is -0.507 e. The quantitative estimate of drug-likeness (QED) is 0.359. The number of amides is 1. The van der Waals surface area contributed by atoms with E-state index in [2.05, 4.69) is 0 Å². The van der Waals surface area contributed by atoms with Crippen LogP contribution in [-0.2, 0) is 9.59 Å². The van der Waals surface area contributed by atoms with Crippen LogP contribution in [-0.4, -0.2) is 41.0 Å². The Kier molecular flexibility index (Phi) is 6.72. The van der Waals surface area contributed by atoms with Gasteiger partial charge in [-0.05, 0) is 75.1 Å². The van der Waals surface area contributed by atoms with Crippen molar-refractivity contribution in [1.29, 1.82) is 0 Å². The van der Waals surface area contributed by atoms with Crippen molar-refractivity contribution in [2.24, 2.45) is 0 Å². The van der Waals surface area contributed by atoms with Crippen LogP contribution in [0.4, 0.5) is 0 Å². The summed E-state index contributed by atoms with van der Waals surface area (Å²) in [5, 5.41) is 11.3. The summed E-state index contributed by atoms with van der Waals surface area (Å²) in [7, 11) is 0. The first-order valence-corrected chi connectivity index (χ1v) is 11.7. The summed E-state index contributed by atoms with van der Waals surface area (Å²) in [6, 6.07) is 12.1. The lowest BCUT2D eigenvalue weighted by molar-refractivity contribution is -0.141. The van der Waals surface area contributed by atoms with Gasteiger partial charge in [-0.25, -0.2) is 0 Å². The molecule has 1 aliphatic heterocycles. The number of aryl methyl sites for hydroxylation is 1. The predicted molar refractivity (Wildman–Crippen MR) is 126 cm³/mol. The summed E-state index contributed by atoms with van der Waals surface area (Å²) in [6.07, 6.45) is 3.77. The van der Waals surface area contributed by atoms with E-state index in [-0.39, 0.29) is 17.4 Å². The molecular formula is C27H31NO5. The summed E-state index contributed by atoms with van der Waals surface area (Å²) in [6.45, 7) is 6.76. The molecular weight excluding hydrogens is 418 g/mol. The molecule has 2 aliphatic rings. The van der Waals surface area contributed by atoms with Crippen LogP contribution < -0.4 is 9.47 Å². The molecule has 0 radical (unpaired) electrons. The molecule has 6 heteroatoms. The molecule has 0 spiro atoms. The number of carbonyl (C=O) groups excluding carboxylic acids is 2. The lowest BCUT2D eigenvalue weighted by atomic mass is 9.94. The summed E-state index contributed by atoms with van der Waals surface area (Å²) in [4.78, 5) is 28.2. The highest BCUT2D eigenvalue weighted by molar-refractivity contribution is 6.46. The highest BCUT2D eigenvalue weighted by Gasteiger charge is 2.49. The zero-order valence-corrected chi connectivity index (χ0v) is 19.5. The number of ether oxygens (including phenoxy) is 2. The van der Waals surface area contributed by atoms with Gasteiger partial charge in [-0.15, -0.1) is 0 Å². The van der Waals surface area contributed by atoms with Crippen LogP contribution in [0.5, 0.6) is 11.5 Å². The number of hydrogen-bond acceptors (Lipinski definition) is 5. The van der Waals surface area contributed by atoms with E-state index in [1.165, 1.54) is 0 Å². The number of nitrogens with zero attached hydrogens (tertiary/aromatic N) is 1. The molecule has 33 heavy (non-hydrogen) atoms. The van der Waals surface area contributed by atoms with Crippen LogP contribution in [0.3, 0.4) is 0 Å². The Morgan fingerprint density at radius 2 is 1.76 bits per heavy atom. The van der Waals surface area contributed by atoms with Crippen LogP contribution >= 0.6 is 0 Å². The van der Waals surface area contributed by atoms with Gasteiger partial charge in [0.05, 0.1) is 24.8 Å². The fourth-order valence-corrected chi connectivity index (χ4v) is 4.95. The largest absolute Gasteiger partial charge is 0.507 e. The number of benzene rings is 2. The fraction of sp³-hybridized carbons (Fsp3) is 0.407. The average Bonchev–Trinajstić information content (AvgIpc) is 3.42. The Hall–Kier alpha value is -3.28. The highest BCUT2D eigenvalue weighted by atomic mass is 16.5. The second-order valence-electron chi connectivity index (χ2n) is 8.56. The second-order valence-corrected chi connectivity index (χ2v) is 8.56. The lowest BCUT2D eigenvalue weighted by Crippen LogP contribution is -2.37. The first-order chi connectivity index (χ1) is 16.0. The van der Waals surface area contributed by atoms with Gasteiger partial charge in [0.15, 0.2) is 0 Å². The Bertz CT molecular complexity index is 1080. The Morgan fingerprint density at radius 3 is 2.42 bits per heavy atom. The lowest BCUT2D eigenvalue weighted by Gasteiger charge is -2.31. The zero-order chi connectivity index (χ0) is 23.5. The van der Waals surface area contributed by atoms with Crippen LogP contribution in [0, 0.1) is 6.92 Å². The van der Waals surface area contributed by atoms with Gasteiger partial charge in [-0.3, -0.25) is 9.59 Å². The van der Waals surface area contributed by atoms with Gasteiger partial charge in [0.1, 0.15) is 17.3 Å². The maximum Gasteiger partial charge on any atom is 0.295 e. The molecule has 1 N–H and O–H groups in total. The van der Waals surface area contributed by atoms with Crippen molar-refractivity contribution in [2.45, 2.75) is 58.5 Å². The summed E-state index contributed by atoms with van der Waals surface area (Å²) < 4.78 is 11.3. The van der Waals surface area contributed by atoms with E-state index in [1.807, 2.05) is 45.0 Å². The van der Waals surface area contributed by atoms with Gasteiger partial charge in [0, 0.05) is 11.6 Å². The number of carbonyl (C=O) groups is 2. The Labute approximate surface area is 194 Å². The van der Waals surface area contributed by atoms with Gasteiger partial charge < -0.3 is 19.5 Å². The maximum atomic E-state index is 13.3. The van der Waals surface area contributed by atoms with E-state index in [0.29, 0.717) is 24.5 Å². The van der Waals surface area contributed by atoms with Crippen molar-refractivity contribution >= 4 is 17.4 Å². The van der Waals surface area contributed by atoms with Crippen LogP contribution in [0.1, 0.15) is 62.3 Å². The van der Waals surface area contributed by atoms with Crippen molar-refractivity contribution in [3.8, 4) is 11.5 Å². The molecule has 1 aliphatic carbocycles. The summed E-state index contributed by atoms with van der Waals surface area (Å²) in [5.74, 6) is 0.0489. The number of aliphatic hydroxyl groups is 1. The number of Topliss-reactive ketones (excluding diaryl/α,β-unsaturated/α-hetero) is 1. The molecule has 1 atom stereocenters. The molecule has 1 saturated carbocycles. The smallest absolute Gasteiger partial charge is 0.295 e. The van der Waals surface area contributed by atoms with Gasteiger partial charge in [0.25, 0.3) is 11.7 Å². The van der Waals surface area contributed by atoms with Crippen LogP contribution in [0.15, 0.2) is 48.0 Å². The molecule has 6 nitrogen and oxygen atoms in total. The zero-order valence-electron chi connectivity index (χ0n) is 19.5. The van der Waals surface area contributed by atoms with E-state index in [1.54, 1.807) is 23.1 Å². The monoisotopic (exact) mass is 449 g/mol. The first kappa shape index (κ1) is 22.9. The molecule has 1 unspecified atom stereocenters. The topological polar surface area (TPSA) is 76.1 Å². The number of rotatable bonds is 7. The SMILES string of the molecule is CCOc1cccc(C2/C(=C(\O)c3ccc(OCC)c(C)c3)C(=O)C(=O)N2C2CCCC2)c1. The van der Waals surface area contributed by atoms with Crippen molar-refractivity contribution in [3.05, 3.63) is 64.7 Å².